The predicted molar refractivity (Wildman–Crippen MR) is 130 cm³/mol. The fourth-order valence-corrected chi connectivity index (χ4v) is 4.22. The van der Waals surface area contributed by atoms with E-state index >= 15 is 0 Å². The standard InChI is InChI=1S/C24H33N3O5S/c1-17(2)25-24(29)19(4)26(15-20-10-7-9-18(3)13-20)23(28)16-27(33(6,30)31)21-11-8-12-22(14-21)32-5/h7-14,17,19H,15-16H2,1-6H3,(H,25,29)/t19-/m1/s1. The molecule has 0 bridgehead atoms. The zero-order valence-electron chi connectivity index (χ0n) is 20.0. The van der Waals surface area contributed by atoms with Crippen molar-refractivity contribution in [2.45, 2.75) is 46.3 Å². The Bertz CT molecular complexity index is 1090. The van der Waals surface area contributed by atoms with Crippen LogP contribution < -0.4 is 14.4 Å². The second kappa shape index (κ2) is 11.2. The zero-order chi connectivity index (χ0) is 24.8. The summed E-state index contributed by atoms with van der Waals surface area (Å²) in [5.74, 6) is -0.329. The summed E-state index contributed by atoms with van der Waals surface area (Å²) >= 11 is 0. The molecule has 2 aromatic rings. The fraction of sp³-hybridized carbons (Fsp3) is 0.417. The lowest BCUT2D eigenvalue weighted by Gasteiger charge is -2.32. The summed E-state index contributed by atoms with van der Waals surface area (Å²) in [5, 5.41) is 2.82. The van der Waals surface area contributed by atoms with Gasteiger partial charge in [-0.3, -0.25) is 13.9 Å². The number of anilines is 1. The Morgan fingerprint density at radius 1 is 1.06 bits per heavy atom. The quantitative estimate of drug-likeness (QED) is 0.570. The number of rotatable bonds is 10. The molecule has 2 aromatic carbocycles. The van der Waals surface area contributed by atoms with Gasteiger partial charge in [0.2, 0.25) is 21.8 Å². The van der Waals surface area contributed by atoms with Crippen molar-refractivity contribution in [2.24, 2.45) is 0 Å². The van der Waals surface area contributed by atoms with Gasteiger partial charge in [0.15, 0.2) is 0 Å². The topological polar surface area (TPSA) is 96.0 Å². The Kier molecular flexibility index (Phi) is 8.87. The summed E-state index contributed by atoms with van der Waals surface area (Å²) in [5.41, 5.74) is 2.17. The molecule has 33 heavy (non-hydrogen) atoms. The van der Waals surface area contributed by atoms with E-state index in [9.17, 15) is 18.0 Å². The van der Waals surface area contributed by atoms with Gasteiger partial charge < -0.3 is 15.0 Å². The van der Waals surface area contributed by atoms with Crippen molar-refractivity contribution in [2.75, 3.05) is 24.2 Å². The maximum Gasteiger partial charge on any atom is 0.244 e. The predicted octanol–water partition coefficient (Wildman–Crippen LogP) is 2.71. The molecule has 0 aliphatic carbocycles. The van der Waals surface area contributed by atoms with E-state index in [2.05, 4.69) is 5.32 Å². The Labute approximate surface area is 196 Å². The summed E-state index contributed by atoms with van der Waals surface area (Å²) in [6.45, 7) is 6.98. The van der Waals surface area contributed by atoms with Gasteiger partial charge in [-0.15, -0.1) is 0 Å². The molecule has 0 radical (unpaired) electrons. The number of benzene rings is 2. The lowest BCUT2D eigenvalue weighted by molar-refractivity contribution is -0.139. The number of nitrogens with one attached hydrogen (secondary N) is 1. The highest BCUT2D eigenvalue weighted by molar-refractivity contribution is 7.92. The van der Waals surface area contributed by atoms with Gasteiger partial charge in [-0.2, -0.15) is 0 Å². The van der Waals surface area contributed by atoms with E-state index in [4.69, 9.17) is 4.74 Å². The number of methoxy groups -OCH3 is 1. The van der Waals surface area contributed by atoms with Crippen LogP contribution >= 0.6 is 0 Å². The van der Waals surface area contributed by atoms with Crippen LogP contribution in [0.4, 0.5) is 5.69 Å². The number of carbonyl (C=O) groups is 2. The molecule has 0 aliphatic heterocycles. The molecule has 0 unspecified atom stereocenters. The van der Waals surface area contributed by atoms with Crippen LogP contribution in [0.5, 0.6) is 5.75 Å². The molecular formula is C24H33N3O5S. The fourth-order valence-electron chi connectivity index (χ4n) is 3.37. The molecule has 180 valence electrons. The highest BCUT2D eigenvalue weighted by Gasteiger charge is 2.30. The van der Waals surface area contributed by atoms with Crippen LogP contribution in [0.1, 0.15) is 31.9 Å². The van der Waals surface area contributed by atoms with Crippen molar-refractivity contribution < 1.29 is 22.7 Å². The molecular weight excluding hydrogens is 442 g/mol. The maximum absolute atomic E-state index is 13.5. The molecule has 1 N–H and O–H groups in total. The van der Waals surface area contributed by atoms with Crippen LogP contribution in [0, 0.1) is 6.92 Å². The Morgan fingerprint density at radius 3 is 2.30 bits per heavy atom. The molecule has 2 rings (SSSR count). The molecule has 0 aromatic heterocycles. The Hall–Kier alpha value is -3.07. The van der Waals surface area contributed by atoms with Gasteiger partial charge in [0.25, 0.3) is 0 Å². The number of ether oxygens (including phenoxy) is 1. The van der Waals surface area contributed by atoms with Gasteiger partial charge in [0, 0.05) is 18.7 Å². The highest BCUT2D eigenvalue weighted by Crippen LogP contribution is 2.23. The van der Waals surface area contributed by atoms with Crippen molar-refractivity contribution in [3.05, 3.63) is 59.7 Å². The van der Waals surface area contributed by atoms with Crippen LogP contribution in [0.15, 0.2) is 48.5 Å². The third-order valence-electron chi connectivity index (χ3n) is 5.05. The van der Waals surface area contributed by atoms with Crippen LogP contribution in [0.25, 0.3) is 0 Å². The molecule has 0 spiro atoms. The van der Waals surface area contributed by atoms with Crippen molar-refractivity contribution in [3.8, 4) is 5.75 Å². The first-order valence-electron chi connectivity index (χ1n) is 10.7. The van der Waals surface area contributed by atoms with E-state index in [1.165, 1.54) is 12.0 Å². The number of nitrogens with zero attached hydrogens (tertiary/aromatic N) is 2. The van der Waals surface area contributed by atoms with Crippen LogP contribution in [0.3, 0.4) is 0 Å². The van der Waals surface area contributed by atoms with Gasteiger partial charge in [-0.05, 0) is 45.4 Å². The molecule has 0 saturated heterocycles. The molecule has 9 heteroatoms. The number of aryl methyl sites for hydroxylation is 1. The van der Waals surface area contributed by atoms with E-state index in [1.54, 1.807) is 31.2 Å². The van der Waals surface area contributed by atoms with Crippen molar-refractivity contribution in [1.82, 2.24) is 10.2 Å². The van der Waals surface area contributed by atoms with Crippen molar-refractivity contribution >= 4 is 27.5 Å². The third kappa shape index (κ3) is 7.49. The third-order valence-corrected chi connectivity index (χ3v) is 6.19. The molecule has 0 saturated carbocycles. The summed E-state index contributed by atoms with van der Waals surface area (Å²) in [6, 6.07) is 13.2. The summed E-state index contributed by atoms with van der Waals surface area (Å²) < 4.78 is 31.4. The molecule has 2 amide bonds. The number of sulfonamides is 1. The minimum Gasteiger partial charge on any atom is -0.497 e. The van der Waals surface area contributed by atoms with Gasteiger partial charge in [0.1, 0.15) is 18.3 Å². The molecule has 8 nitrogen and oxygen atoms in total. The normalized spacial score (nSPS) is 12.2. The van der Waals surface area contributed by atoms with E-state index in [-0.39, 0.29) is 18.5 Å². The summed E-state index contributed by atoms with van der Waals surface area (Å²) in [4.78, 5) is 27.6. The Morgan fingerprint density at radius 2 is 1.73 bits per heavy atom. The molecule has 0 aliphatic rings. The minimum absolute atomic E-state index is 0.0971. The van der Waals surface area contributed by atoms with E-state index in [0.717, 1.165) is 21.7 Å². The first-order chi connectivity index (χ1) is 15.4. The van der Waals surface area contributed by atoms with Crippen LogP contribution in [-0.4, -0.2) is 57.1 Å². The zero-order valence-corrected chi connectivity index (χ0v) is 20.8. The van der Waals surface area contributed by atoms with Gasteiger partial charge in [-0.25, -0.2) is 8.42 Å². The van der Waals surface area contributed by atoms with Crippen LogP contribution in [-0.2, 0) is 26.2 Å². The summed E-state index contributed by atoms with van der Waals surface area (Å²) in [7, 11) is -2.31. The van der Waals surface area contributed by atoms with Crippen LogP contribution in [0.2, 0.25) is 0 Å². The SMILES string of the molecule is COc1cccc(N(CC(=O)N(Cc2cccc(C)c2)[C@H](C)C(=O)NC(C)C)S(C)(=O)=O)c1. The summed E-state index contributed by atoms with van der Waals surface area (Å²) in [6.07, 6.45) is 1.04. The van der Waals surface area contributed by atoms with Crippen molar-refractivity contribution in [1.29, 1.82) is 0 Å². The lowest BCUT2D eigenvalue weighted by atomic mass is 10.1. The average Bonchev–Trinajstić information content (AvgIpc) is 2.74. The van der Waals surface area contributed by atoms with Crippen molar-refractivity contribution in [3.63, 3.8) is 0 Å². The molecule has 0 fully saturated rings. The first-order valence-corrected chi connectivity index (χ1v) is 12.5. The molecule has 1 atom stereocenters. The van der Waals surface area contributed by atoms with E-state index in [0.29, 0.717) is 11.4 Å². The highest BCUT2D eigenvalue weighted by atomic mass is 32.2. The van der Waals surface area contributed by atoms with Gasteiger partial charge in [-0.1, -0.05) is 35.9 Å². The lowest BCUT2D eigenvalue weighted by Crippen LogP contribution is -2.52. The second-order valence-corrected chi connectivity index (χ2v) is 10.2. The largest absolute Gasteiger partial charge is 0.497 e. The van der Waals surface area contributed by atoms with Gasteiger partial charge in [0.05, 0.1) is 19.1 Å². The van der Waals surface area contributed by atoms with E-state index < -0.39 is 28.5 Å². The second-order valence-electron chi connectivity index (χ2n) is 8.32. The molecule has 0 heterocycles. The first kappa shape index (κ1) is 26.2. The smallest absolute Gasteiger partial charge is 0.244 e. The number of amides is 2. The van der Waals surface area contributed by atoms with E-state index in [1.807, 2.05) is 45.0 Å². The monoisotopic (exact) mass is 475 g/mol. The van der Waals surface area contributed by atoms with Gasteiger partial charge >= 0.3 is 0 Å². The average molecular weight is 476 g/mol. The number of carbonyl (C=O) groups excluding carboxylic acids is 2. The number of hydrogen-bond donors (Lipinski definition) is 1. The minimum atomic E-state index is -3.79. The maximum atomic E-state index is 13.5. The Balaban J connectivity index is 2.40. The number of hydrogen-bond acceptors (Lipinski definition) is 5.